The van der Waals surface area contributed by atoms with Crippen LogP contribution in [0.15, 0.2) is 54.6 Å². The molecule has 2 aromatic rings. The zero-order valence-corrected chi connectivity index (χ0v) is 17.3. The van der Waals surface area contributed by atoms with Gasteiger partial charge in [0.25, 0.3) is 5.91 Å². The lowest BCUT2D eigenvalue weighted by Gasteiger charge is -2.52. The normalized spacial score (nSPS) is 18.9. The number of amides is 1. The Morgan fingerprint density at radius 1 is 1.07 bits per heavy atom. The molecule has 0 spiro atoms. The molecule has 1 aliphatic heterocycles. The number of anilines is 1. The summed E-state index contributed by atoms with van der Waals surface area (Å²) < 4.78 is 16.5. The van der Waals surface area contributed by atoms with Crippen LogP contribution in [0.1, 0.15) is 26.3 Å². The lowest BCUT2D eigenvalue weighted by Crippen LogP contribution is -2.72. The second-order valence-electron chi connectivity index (χ2n) is 7.85. The maximum Gasteiger partial charge on any atom is 0.303 e. The predicted octanol–water partition coefficient (Wildman–Crippen LogP) is 3.59. The Bertz CT molecular complexity index is 847. The number of ether oxygens (including phenoxy) is 3. The summed E-state index contributed by atoms with van der Waals surface area (Å²) >= 11 is 0. The Labute approximate surface area is 171 Å². The molecule has 0 N–H and O–H groups in total. The van der Waals surface area contributed by atoms with Gasteiger partial charge in [-0.1, -0.05) is 44.2 Å². The monoisotopic (exact) mass is 397 g/mol. The second kappa shape index (κ2) is 8.66. The Kier molecular flexibility index (Phi) is 6.23. The van der Waals surface area contributed by atoms with E-state index in [1.165, 1.54) is 6.92 Å². The van der Waals surface area contributed by atoms with Crippen molar-refractivity contribution in [2.45, 2.75) is 39.5 Å². The molecule has 2 aromatic carbocycles. The van der Waals surface area contributed by atoms with Gasteiger partial charge >= 0.3 is 5.97 Å². The summed E-state index contributed by atoms with van der Waals surface area (Å²) in [7, 11) is 1.59. The summed E-state index contributed by atoms with van der Waals surface area (Å²) in [5, 5.41) is 0. The minimum Gasteiger partial charge on any atom is -0.497 e. The molecular formula is C23H27NO5. The van der Waals surface area contributed by atoms with Gasteiger partial charge in [0.1, 0.15) is 5.75 Å². The summed E-state index contributed by atoms with van der Waals surface area (Å²) in [6, 6.07) is 16.8. The first-order valence-electron chi connectivity index (χ1n) is 9.59. The molecule has 0 aliphatic carbocycles. The van der Waals surface area contributed by atoms with Crippen molar-refractivity contribution in [3.8, 4) is 5.75 Å². The van der Waals surface area contributed by atoms with E-state index in [1.807, 2.05) is 56.3 Å². The third kappa shape index (κ3) is 4.59. The first kappa shape index (κ1) is 20.9. The van der Waals surface area contributed by atoms with E-state index in [9.17, 15) is 9.59 Å². The van der Waals surface area contributed by atoms with E-state index >= 15 is 0 Å². The van der Waals surface area contributed by atoms with Crippen LogP contribution in [0.4, 0.5) is 5.69 Å². The highest BCUT2D eigenvalue weighted by atomic mass is 16.6. The Morgan fingerprint density at radius 3 is 2.31 bits per heavy atom. The van der Waals surface area contributed by atoms with Gasteiger partial charge in [0, 0.05) is 18.0 Å². The largest absolute Gasteiger partial charge is 0.497 e. The molecule has 0 aromatic heterocycles. The van der Waals surface area contributed by atoms with Crippen molar-refractivity contribution in [3.05, 3.63) is 60.2 Å². The number of hydrogen-bond donors (Lipinski definition) is 0. The number of methoxy groups -OCH3 is 1. The summed E-state index contributed by atoms with van der Waals surface area (Å²) in [4.78, 5) is 26.0. The molecule has 154 valence electrons. The average molecular weight is 397 g/mol. The highest BCUT2D eigenvalue weighted by Crippen LogP contribution is 2.41. The SMILES string of the molecule is COc1ccc(N2C(=O)[C@@H](OC(C)=O)[C@H]2C(C)(C)COCc2ccccc2)cc1. The first-order valence-corrected chi connectivity index (χ1v) is 9.59. The van der Waals surface area contributed by atoms with E-state index in [0.29, 0.717) is 19.0 Å². The van der Waals surface area contributed by atoms with Crippen molar-refractivity contribution >= 4 is 17.6 Å². The van der Waals surface area contributed by atoms with Crippen LogP contribution in [-0.4, -0.2) is 37.7 Å². The van der Waals surface area contributed by atoms with Gasteiger partial charge in [0.05, 0.1) is 26.4 Å². The Balaban J connectivity index is 1.77. The van der Waals surface area contributed by atoms with E-state index in [-0.39, 0.29) is 11.9 Å². The highest BCUT2D eigenvalue weighted by molar-refractivity contribution is 6.06. The summed E-state index contributed by atoms with van der Waals surface area (Å²) in [5.41, 5.74) is 1.37. The fourth-order valence-electron chi connectivity index (χ4n) is 3.64. The molecule has 3 rings (SSSR count). The number of carbonyl (C=O) groups is 2. The van der Waals surface area contributed by atoms with Crippen LogP contribution in [0, 0.1) is 5.41 Å². The minimum absolute atomic E-state index is 0.230. The number of hydrogen-bond acceptors (Lipinski definition) is 5. The van der Waals surface area contributed by atoms with Crippen LogP contribution >= 0.6 is 0 Å². The van der Waals surface area contributed by atoms with E-state index in [2.05, 4.69) is 0 Å². The van der Waals surface area contributed by atoms with Gasteiger partial charge in [0.15, 0.2) is 0 Å². The number of nitrogens with zero attached hydrogens (tertiary/aromatic N) is 1. The van der Waals surface area contributed by atoms with Crippen molar-refractivity contribution in [1.82, 2.24) is 0 Å². The molecule has 1 fully saturated rings. The van der Waals surface area contributed by atoms with Gasteiger partial charge in [0.2, 0.25) is 6.10 Å². The Morgan fingerprint density at radius 2 is 1.72 bits per heavy atom. The highest BCUT2D eigenvalue weighted by Gasteiger charge is 2.57. The zero-order valence-electron chi connectivity index (χ0n) is 17.3. The quantitative estimate of drug-likeness (QED) is 0.503. The molecule has 1 heterocycles. The van der Waals surface area contributed by atoms with Crippen LogP contribution in [0.3, 0.4) is 0 Å². The molecule has 1 saturated heterocycles. The predicted molar refractivity (Wildman–Crippen MR) is 110 cm³/mol. The maximum absolute atomic E-state index is 12.8. The molecule has 0 unspecified atom stereocenters. The van der Waals surface area contributed by atoms with Gasteiger partial charge in [-0.3, -0.25) is 9.59 Å². The van der Waals surface area contributed by atoms with Crippen LogP contribution in [0.5, 0.6) is 5.75 Å². The molecular weight excluding hydrogens is 370 g/mol. The molecule has 0 radical (unpaired) electrons. The molecule has 0 saturated carbocycles. The third-order valence-electron chi connectivity index (χ3n) is 5.08. The second-order valence-corrected chi connectivity index (χ2v) is 7.85. The van der Waals surface area contributed by atoms with Gasteiger partial charge < -0.3 is 19.1 Å². The van der Waals surface area contributed by atoms with E-state index in [1.54, 1.807) is 24.1 Å². The van der Waals surface area contributed by atoms with Crippen LogP contribution in [-0.2, 0) is 25.7 Å². The molecule has 2 atom stereocenters. The first-order chi connectivity index (χ1) is 13.8. The maximum atomic E-state index is 12.8. The standard InChI is InChI=1S/C23H27NO5/c1-16(25)29-20-21(23(2,3)15-28-14-17-8-6-5-7-9-17)24(22(20)26)18-10-12-19(27-4)13-11-18/h5-13,20-21H,14-15H2,1-4H3/t20-,21-/m0/s1. The lowest BCUT2D eigenvalue weighted by atomic mass is 9.75. The Hall–Kier alpha value is -2.86. The third-order valence-corrected chi connectivity index (χ3v) is 5.08. The number of esters is 1. The number of benzene rings is 2. The van der Waals surface area contributed by atoms with E-state index < -0.39 is 17.5 Å². The van der Waals surface area contributed by atoms with Gasteiger partial charge in [-0.25, -0.2) is 0 Å². The molecule has 6 nitrogen and oxygen atoms in total. The molecule has 1 amide bonds. The topological polar surface area (TPSA) is 65.1 Å². The van der Waals surface area contributed by atoms with E-state index in [0.717, 1.165) is 11.3 Å². The molecule has 1 aliphatic rings. The average Bonchev–Trinajstić information content (AvgIpc) is 2.70. The van der Waals surface area contributed by atoms with Crippen LogP contribution < -0.4 is 9.64 Å². The lowest BCUT2D eigenvalue weighted by molar-refractivity contribution is -0.165. The van der Waals surface area contributed by atoms with Crippen molar-refractivity contribution in [1.29, 1.82) is 0 Å². The number of carbonyl (C=O) groups excluding carboxylic acids is 2. The molecule has 0 bridgehead atoms. The van der Waals surface area contributed by atoms with Gasteiger partial charge in [-0.05, 0) is 29.8 Å². The van der Waals surface area contributed by atoms with Crippen molar-refractivity contribution in [2.75, 3.05) is 18.6 Å². The summed E-state index contributed by atoms with van der Waals surface area (Å²) in [6.45, 7) is 6.24. The smallest absolute Gasteiger partial charge is 0.303 e. The van der Waals surface area contributed by atoms with Gasteiger partial charge in [-0.2, -0.15) is 0 Å². The fraction of sp³-hybridized carbons (Fsp3) is 0.391. The van der Waals surface area contributed by atoms with E-state index in [4.69, 9.17) is 14.2 Å². The van der Waals surface area contributed by atoms with Crippen molar-refractivity contribution in [2.24, 2.45) is 5.41 Å². The number of β-lactam (4-membered cyclic amide) rings is 1. The van der Waals surface area contributed by atoms with Gasteiger partial charge in [-0.15, -0.1) is 0 Å². The zero-order chi connectivity index (χ0) is 21.0. The molecule has 29 heavy (non-hydrogen) atoms. The summed E-state index contributed by atoms with van der Waals surface area (Å²) in [6.07, 6.45) is -0.815. The van der Waals surface area contributed by atoms with Crippen LogP contribution in [0.25, 0.3) is 0 Å². The van der Waals surface area contributed by atoms with Crippen molar-refractivity contribution in [3.63, 3.8) is 0 Å². The fourth-order valence-corrected chi connectivity index (χ4v) is 3.64. The van der Waals surface area contributed by atoms with Crippen LogP contribution in [0.2, 0.25) is 0 Å². The minimum atomic E-state index is -0.815. The summed E-state index contributed by atoms with van der Waals surface area (Å²) in [5.74, 6) is 0.00972. The number of rotatable bonds is 8. The van der Waals surface area contributed by atoms with Crippen molar-refractivity contribution < 1.29 is 23.8 Å². The molecule has 6 heteroatoms.